The molecule has 0 unspecified atom stereocenters. The number of carbonyl (C=O) groups is 2. The van der Waals surface area contributed by atoms with E-state index in [0.29, 0.717) is 27.1 Å². The number of furan rings is 1. The fraction of sp³-hybridized carbons (Fsp3) is 0. The summed E-state index contributed by atoms with van der Waals surface area (Å²) in [5, 5.41) is 15.1. The monoisotopic (exact) mass is 434 g/mol. The summed E-state index contributed by atoms with van der Waals surface area (Å²) in [7, 11) is 0. The van der Waals surface area contributed by atoms with E-state index in [2.05, 4.69) is 10.6 Å². The van der Waals surface area contributed by atoms with Crippen LogP contribution in [0.15, 0.2) is 59.0 Å². The Bertz CT molecular complexity index is 1080. The summed E-state index contributed by atoms with van der Waals surface area (Å²) in [6.07, 6.45) is 0. The molecule has 3 N–H and O–H groups in total. The molecule has 1 amide bonds. The maximum Gasteiger partial charge on any atom is 0.335 e. The van der Waals surface area contributed by atoms with Crippen molar-refractivity contribution >= 4 is 58.1 Å². The van der Waals surface area contributed by atoms with E-state index in [0.717, 1.165) is 0 Å². The molecule has 0 spiro atoms. The van der Waals surface area contributed by atoms with Crippen molar-refractivity contribution in [3.05, 3.63) is 76.0 Å². The lowest BCUT2D eigenvalue weighted by Crippen LogP contribution is -2.33. The van der Waals surface area contributed by atoms with Gasteiger partial charge in [-0.05, 0) is 60.7 Å². The van der Waals surface area contributed by atoms with Crippen LogP contribution in [0.5, 0.6) is 0 Å². The largest absolute Gasteiger partial charge is 0.478 e. The van der Waals surface area contributed by atoms with E-state index in [1.807, 2.05) is 0 Å². The van der Waals surface area contributed by atoms with E-state index in [1.165, 1.54) is 18.2 Å². The van der Waals surface area contributed by atoms with E-state index in [4.69, 9.17) is 44.9 Å². The Labute approximate surface area is 175 Å². The minimum Gasteiger partial charge on any atom is -0.478 e. The highest BCUT2D eigenvalue weighted by atomic mass is 35.5. The van der Waals surface area contributed by atoms with Gasteiger partial charge in [0.1, 0.15) is 5.76 Å². The zero-order valence-electron chi connectivity index (χ0n) is 14.0. The predicted molar refractivity (Wildman–Crippen MR) is 111 cm³/mol. The SMILES string of the molecule is O=C(O)c1cccc(NC(=S)NC(=O)c2ccc(-c3cc(Cl)ccc3Cl)o2)c1. The number of benzene rings is 2. The van der Waals surface area contributed by atoms with Crippen LogP contribution in [0.2, 0.25) is 10.0 Å². The molecular formula is C19H12Cl2N2O4S. The Balaban J connectivity index is 1.69. The zero-order valence-corrected chi connectivity index (χ0v) is 16.4. The second-order valence-electron chi connectivity index (χ2n) is 5.58. The Morgan fingerprint density at radius 3 is 2.57 bits per heavy atom. The van der Waals surface area contributed by atoms with E-state index < -0.39 is 11.9 Å². The Hall–Kier alpha value is -2.87. The van der Waals surface area contributed by atoms with Crippen molar-refractivity contribution in [1.29, 1.82) is 0 Å². The molecule has 0 fully saturated rings. The third-order valence-corrected chi connectivity index (χ3v) is 4.39. The lowest BCUT2D eigenvalue weighted by molar-refractivity contribution is 0.0696. The Kier molecular flexibility index (Phi) is 5.99. The number of anilines is 1. The van der Waals surface area contributed by atoms with Crippen LogP contribution in [0.3, 0.4) is 0 Å². The fourth-order valence-electron chi connectivity index (χ4n) is 2.35. The number of carboxylic acids is 1. The first-order chi connectivity index (χ1) is 13.3. The first-order valence-corrected chi connectivity index (χ1v) is 9.01. The minimum absolute atomic E-state index is 0.00808. The van der Waals surface area contributed by atoms with Crippen LogP contribution in [0.4, 0.5) is 5.69 Å². The molecule has 28 heavy (non-hydrogen) atoms. The number of carboxylic acid groups (broad SMARTS) is 1. The quantitative estimate of drug-likeness (QED) is 0.496. The molecule has 142 valence electrons. The topological polar surface area (TPSA) is 91.6 Å². The predicted octanol–water partition coefficient (Wildman–Crippen LogP) is 5.08. The van der Waals surface area contributed by atoms with Gasteiger partial charge < -0.3 is 14.8 Å². The lowest BCUT2D eigenvalue weighted by Gasteiger charge is -2.09. The van der Waals surface area contributed by atoms with Crippen LogP contribution < -0.4 is 10.6 Å². The first kappa shape index (κ1) is 19.9. The van der Waals surface area contributed by atoms with E-state index >= 15 is 0 Å². The van der Waals surface area contributed by atoms with Gasteiger partial charge >= 0.3 is 5.97 Å². The van der Waals surface area contributed by atoms with Crippen molar-refractivity contribution in [2.45, 2.75) is 0 Å². The summed E-state index contributed by atoms with van der Waals surface area (Å²) in [6.45, 7) is 0. The molecule has 2 aromatic carbocycles. The molecule has 0 aliphatic rings. The average Bonchev–Trinajstić information content (AvgIpc) is 3.14. The molecule has 1 heterocycles. The van der Waals surface area contributed by atoms with Crippen molar-refractivity contribution in [3.63, 3.8) is 0 Å². The van der Waals surface area contributed by atoms with E-state index in [-0.39, 0.29) is 16.4 Å². The smallest absolute Gasteiger partial charge is 0.335 e. The summed E-state index contributed by atoms with van der Waals surface area (Å²) in [5.41, 5.74) is 1.07. The van der Waals surface area contributed by atoms with Crippen LogP contribution in [-0.2, 0) is 0 Å². The van der Waals surface area contributed by atoms with Crippen molar-refractivity contribution < 1.29 is 19.1 Å². The van der Waals surface area contributed by atoms with Crippen molar-refractivity contribution in [3.8, 4) is 11.3 Å². The number of thiocarbonyl (C=S) groups is 1. The van der Waals surface area contributed by atoms with Gasteiger partial charge in [-0.25, -0.2) is 4.79 Å². The molecule has 6 nitrogen and oxygen atoms in total. The summed E-state index contributed by atoms with van der Waals surface area (Å²) in [4.78, 5) is 23.3. The molecule has 3 rings (SSSR count). The molecule has 0 aliphatic carbocycles. The molecule has 1 aromatic heterocycles. The molecular weight excluding hydrogens is 423 g/mol. The maximum absolute atomic E-state index is 12.3. The van der Waals surface area contributed by atoms with Gasteiger partial charge in [-0.15, -0.1) is 0 Å². The van der Waals surface area contributed by atoms with Crippen LogP contribution >= 0.6 is 35.4 Å². The number of halogens is 2. The summed E-state index contributed by atoms with van der Waals surface area (Å²) in [5.74, 6) is -1.24. The molecule has 9 heteroatoms. The summed E-state index contributed by atoms with van der Waals surface area (Å²) < 4.78 is 5.55. The van der Waals surface area contributed by atoms with E-state index in [1.54, 1.807) is 36.4 Å². The van der Waals surface area contributed by atoms with Gasteiger partial charge in [-0.1, -0.05) is 29.3 Å². The Morgan fingerprint density at radius 2 is 1.82 bits per heavy atom. The summed E-state index contributed by atoms with van der Waals surface area (Å²) >= 11 is 17.2. The van der Waals surface area contributed by atoms with Crippen molar-refractivity contribution in [2.75, 3.05) is 5.32 Å². The van der Waals surface area contributed by atoms with Crippen LogP contribution in [0, 0.1) is 0 Å². The second kappa shape index (κ2) is 8.43. The molecule has 3 aromatic rings. The minimum atomic E-state index is -1.07. The highest BCUT2D eigenvalue weighted by Crippen LogP contribution is 2.31. The van der Waals surface area contributed by atoms with Gasteiger partial charge in [-0.2, -0.15) is 0 Å². The van der Waals surface area contributed by atoms with Gasteiger partial charge in [0.05, 0.1) is 10.6 Å². The van der Waals surface area contributed by atoms with Gasteiger partial charge in [-0.3, -0.25) is 10.1 Å². The molecule has 0 aliphatic heterocycles. The normalized spacial score (nSPS) is 10.4. The maximum atomic E-state index is 12.3. The number of carbonyl (C=O) groups excluding carboxylic acids is 1. The van der Waals surface area contributed by atoms with Crippen molar-refractivity contribution in [2.24, 2.45) is 0 Å². The highest BCUT2D eigenvalue weighted by molar-refractivity contribution is 7.80. The van der Waals surface area contributed by atoms with Gasteiger partial charge in [0, 0.05) is 16.3 Å². The molecule has 0 bridgehead atoms. The standard InChI is InChI=1S/C19H12Cl2N2O4S/c20-11-4-5-14(21)13(9-11)15-6-7-16(27-15)17(24)23-19(28)22-12-3-1-2-10(8-12)18(25)26/h1-9H,(H,25,26)(H2,22,23,24,28). The zero-order chi connectivity index (χ0) is 20.3. The van der Waals surface area contributed by atoms with Gasteiger partial charge in [0.2, 0.25) is 0 Å². The first-order valence-electron chi connectivity index (χ1n) is 7.84. The average molecular weight is 435 g/mol. The third-order valence-electron chi connectivity index (χ3n) is 3.62. The number of hydrogen-bond donors (Lipinski definition) is 3. The molecule has 0 saturated heterocycles. The molecule has 0 radical (unpaired) electrons. The highest BCUT2D eigenvalue weighted by Gasteiger charge is 2.16. The van der Waals surface area contributed by atoms with Crippen LogP contribution in [0.25, 0.3) is 11.3 Å². The fourth-order valence-corrected chi connectivity index (χ4v) is 2.94. The molecule has 0 saturated carbocycles. The summed E-state index contributed by atoms with van der Waals surface area (Å²) in [6, 6.07) is 14.0. The number of aromatic carboxylic acids is 1. The number of amides is 1. The van der Waals surface area contributed by atoms with Crippen LogP contribution in [-0.4, -0.2) is 22.1 Å². The molecule has 0 atom stereocenters. The second-order valence-corrected chi connectivity index (χ2v) is 6.83. The van der Waals surface area contributed by atoms with Gasteiger partial charge in [0.25, 0.3) is 5.91 Å². The van der Waals surface area contributed by atoms with E-state index in [9.17, 15) is 9.59 Å². The third kappa shape index (κ3) is 4.69. The van der Waals surface area contributed by atoms with Crippen LogP contribution in [0.1, 0.15) is 20.9 Å². The number of rotatable bonds is 4. The van der Waals surface area contributed by atoms with Gasteiger partial charge in [0.15, 0.2) is 10.9 Å². The number of nitrogens with one attached hydrogen (secondary N) is 2. The van der Waals surface area contributed by atoms with Crippen molar-refractivity contribution in [1.82, 2.24) is 5.32 Å². The number of hydrogen-bond acceptors (Lipinski definition) is 4. The lowest BCUT2D eigenvalue weighted by atomic mass is 10.2. The Morgan fingerprint density at radius 1 is 1.04 bits per heavy atom.